The number of hydrogen-bond donors (Lipinski definition) is 1. The maximum Gasteiger partial charge on any atom is 0.156 e. The number of aromatic nitrogens is 1. The van der Waals surface area contributed by atoms with Gasteiger partial charge >= 0.3 is 0 Å². The highest BCUT2D eigenvalue weighted by Crippen LogP contribution is 2.38. The molecule has 3 nitrogen and oxygen atoms in total. The SMILES string of the molecule is CCOc1c(Br)cc(Cl)cc1NC(C)c1ccc(F)cn1. The molecule has 2 rings (SSSR count). The highest BCUT2D eigenvalue weighted by molar-refractivity contribution is 9.10. The molecular weight excluding hydrogens is 359 g/mol. The van der Waals surface area contributed by atoms with Gasteiger partial charge in [0.15, 0.2) is 5.75 Å². The van der Waals surface area contributed by atoms with Gasteiger partial charge in [0.2, 0.25) is 0 Å². The zero-order valence-corrected chi connectivity index (χ0v) is 14.0. The predicted molar refractivity (Wildman–Crippen MR) is 86.6 cm³/mol. The van der Waals surface area contributed by atoms with Crippen LogP contribution in [0.5, 0.6) is 5.75 Å². The van der Waals surface area contributed by atoms with E-state index in [1.54, 1.807) is 18.2 Å². The molecule has 0 aliphatic heterocycles. The molecule has 1 unspecified atom stereocenters. The number of pyridine rings is 1. The molecule has 21 heavy (non-hydrogen) atoms. The van der Waals surface area contributed by atoms with Crippen molar-refractivity contribution in [2.24, 2.45) is 0 Å². The lowest BCUT2D eigenvalue weighted by atomic mass is 10.2. The number of nitrogens with zero attached hydrogens (tertiary/aromatic N) is 1. The van der Waals surface area contributed by atoms with Crippen LogP contribution in [-0.4, -0.2) is 11.6 Å². The van der Waals surface area contributed by atoms with Crippen LogP contribution in [0.2, 0.25) is 5.02 Å². The van der Waals surface area contributed by atoms with E-state index in [0.29, 0.717) is 17.4 Å². The van der Waals surface area contributed by atoms with Crippen LogP contribution in [0.4, 0.5) is 10.1 Å². The van der Waals surface area contributed by atoms with Gasteiger partial charge in [0, 0.05) is 5.02 Å². The van der Waals surface area contributed by atoms with E-state index in [1.165, 1.54) is 12.3 Å². The molecule has 1 N–H and O–H groups in total. The molecule has 0 amide bonds. The zero-order chi connectivity index (χ0) is 15.4. The van der Waals surface area contributed by atoms with Crippen LogP contribution in [0.25, 0.3) is 0 Å². The first kappa shape index (κ1) is 16.0. The fourth-order valence-corrected chi connectivity index (χ4v) is 2.83. The van der Waals surface area contributed by atoms with E-state index < -0.39 is 0 Å². The van der Waals surface area contributed by atoms with E-state index in [0.717, 1.165) is 15.9 Å². The van der Waals surface area contributed by atoms with Crippen LogP contribution in [-0.2, 0) is 0 Å². The number of anilines is 1. The first-order chi connectivity index (χ1) is 10.0. The molecule has 112 valence electrons. The fraction of sp³-hybridized carbons (Fsp3) is 0.267. The minimum atomic E-state index is -0.355. The van der Waals surface area contributed by atoms with Gasteiger partial charge in [0.05, 0.1) is 34.7 Å². The predicted octanol–water partition coefficient (Wildman–Crippen LogP) is 5.21. The van der Waals surface area contributed by atoms with Crippen molar-refractivity contribution in [3.8, 4) is 5.75 Å². The van der Waals surface area contributed by atoms with Gasteiger partial charge in [0.1, 0.15) is 5.82 Å². The van der Waals surface area contributed by atoms with Crippen molar-refractivity contribution in [3.05, 3.63) is 51.5 Å². The average molecular weight is 374 g/mol. The Hall–Kier alpha value is -1.33. The Morgan fingerprint density at radius 1 is 1.43 bits per heavy atom. The van der Waals surface area contributed by atoms with Crippen LogP contribution in [0.3, 0.4) is 0 Å². The molecule has 0 fully saturated rings. The standard InChI is InChI=1S/C15H15BrClFN2O/c1-3-21-15-12(16)6-10(17)7-14(15)20-9(2)13-5-4-11(18)8-19-13/h4-9,20H,3H2,1-2H3. The Labute approximate surface area is 136 Å². The Morgan fingerprint density at radius 2 is 2.19 bits per heavy atom. The fourth-order valence-electron chi connectivity index (χ4n) is 1.91. The first-order valence-electron chi connectivity index (χ1n) is 6.51. The Morgan fingerprint density at radius 3 is 2.81 bits per heavy atom. The summed E-state index contributed by atoms with van der Waals surface area (Å²) in [4.78, 5) is 4.07. The van der Waals surface area contributed by atoms with Crippen molar-refractivity contribution in [2.45, 2.75) is 19.9 Å². The maximum absolute atomic E-state index is 12.9. The third-order valence-corrected chi connectivity index (χ3v) is 3.67. The van der Waals surface area contributed by atoms with Crippen LogP contribution >= 0.6 is 27.5 Å². The maximum atomic E-state index is 12.9. The van der Waals surface area contributed by atoms with Crippen molar-refractivity contribution in [3.63, 3.8) is 0 Å². The molecule has 0 bridgehead atoms. The summed E-state index contributed by atoms with van der Waals surface area (Å²) in [5.74, 6) is 0.335. The monoisotopic (exact) mass is 372 g/mol. The topological polar surface area (TPSA) is 34.1 Å². The second kappa shape index (κ2) is 7.09. The van der Waals surface area contributed by atoms with Crippen molar-refractivity contribution in [1.82, 2.24) is 4.98 Å². The molecular formula is C15H15BrClFN2O. The third-order valence-electron chi connectivity index (χ3n) is 2.86. The number of hydrogen-bond acceptors (Lipinski definition) is 3. The van der Waals surface area contributed by atoms with Crippen molar-refractivity contribution < 1.29 is 9.13 Å². The highest BCUT2D eigenvalue weighted by Gasteiger charge is 2.14. The smallest absolute Gasteiger partial charge is 0.156 e. The van der Waals surface area contributed by atoms with Gasteiger partial charge in [-0.25, -0.2) is 4.39 Å². The molecule has 1 heterocycles. The second-order valence-corrected chi connectivity index (χ2v) is 5.76. The summed E-state index contributed by atoms with van der Waals surface area (Å²) in [6.07, 6.45) is 1.20. The van der Waals surface area contributed by atoms with Crippen molar-refractivity contribution in [1.29, 1.82) is 0 Å². The Balaban J connectivity index is 2.27. The summed E-state index contributed by atoms with van der Waals surface area (Å²) >= 11 is 9.52. The lowest BCUT2D eigenvalue weighted by Gasteiger charge is -2.19. The largest absolute Gasteiger partial charge is 0.491 e. The van der Waals surface area contributed by atoms with E-state index in [9.17, 15) is 4.39 Å². The number of ether oxygens (including phenoxy) is 1. The molecule has 0 aliphatic rings. The van der Waals surface area contributed by atoms with Gasteiger partial charge in [-0.1, -0.05) is 11.6 Å². The molecule has 0 aliphatic carbocycles. The van der Waals surface area contributed by atoms with Gasteiger partial charge in [-0.05, 0) is 54.0 Å². The van der Waals surface area contributed by atoms with Crippen LogP contribution in [0.15, 0.2) is 34.9 Å². The van der Waals surface area contributed by atoms with Crippen molar-refractivity contribution >= 4 is 33.2 Å². The van der Waals surface area contributed by atoms with Crippen molar-refractivity contribution in [2.75, 3.05) is 11.9 Å². The van der Waals surface area contributed by atoms with E-state index in [1.807, 2.05) is 13.8 Å². The Bertz CT molecular complexity index is 622. The van der Waals surface area contributed by atoms with Gasteiger partial charge in [-0.3, -0.25) is 4.98 Å². The normalized spacial score (nSPS) is 12.0. The van der Waals surface area contributed by atoms with Gasteiger partial charge in [-0.2, -0.15) is 0 Å². The second-order valence-electron chi connectivity index (χ2n) is 4.46. The van der Waals surface area contributed by atoms with E-state index in [-0.39, 0.29) is 11.9 Å². The number of rotatable bonds is 5. The molecule has 1 aromatic carbocycles. The quantitative estimate of drug-likeness (QED) is 0.781. The van der Waals surface area contributed by atoms with E-state index in [4.69, 9.17) is 16.3 Å². The molecule has 0 saturated carbocycles. The molecule has 0 saturated heterocycles. The van der Waals surface area contributed by atoms with E-state index in [2.05, 4.69) is 26.2 Å². The van der Waals surface area contributed by atoms with Gasteiger partial charge < -0.3 is 10.1 Å². The summed E-state index contributed by atoms with van der Waals surface area (Å²) in [5, 5.41) is 3.88. The summed E-state index contributed by atoms with van der Waals surface area (Å²) in [7, 11) is 0. The third kappa shape index (κ3) is 4.08. The lowest BCUT2D eigenvalue weighted by Crippen LogP contribution is -2.10. The highest BCUT2D eigenvalue weighted by atomic mass is 79.9. The minimum absolute atomic E-state index is 0.116. The number of nitrogens with one attached hydrogen (secondary N) is 1. The van der Waals surface area contributed by atoms with E-state index >= 15 is 0 Å². The van der Waals surface area contributed by atoms with Crippen LogP contribution in [0.1, 0.15) is 25.6 Å². The lowest BCUT2D eigenvalue weighted by molar-refractivity contribution is 0.339. The average Bonchev–Trinajstić information content (AvgIpc) is 2.43. The molecule has 1 atom stereocenters. The molecule has 0 spiro atoms. The summed E-state index contributed by atoms with van der Waals surface area (Å²) < 4.78 is 19.3. The number of halogens is 3. The molecule has 6 heteroatoms. The zero-order valence-electron chi connectivity index (χ0n) is 11.7. The molecule has 2 aromatic rings. The number of benzene rings is 1. The van der Waals surface area contributed by atoms with Crippen LogP contribution in [0, 0.1) is 5.82 Å². The molecule has 1 aromatic heterocycles. The minimum Gasteiger partial charge on any atom is -0.491 e. The first-order valence-corrected chi connectivity index (χ1v) is 7.68. The molecule has 0 radical (unpaired) electrons. The summed E-state index contributed by atoms with van der Waals surface area (Å²) in [6.45, 7) is 4.39. The van der Waals surface area contributed by atoms with Crippen LogP contribution < -0.4 is 10.1 Å². The van der Waals surface area contributed by atoms with Gasteiger partial charge in [-0.15, -0.1) is 0 Å². The summed E-state index contributed by atoms with van der Waals surface area (Å²) in [6, 6.07) is 6.48. The van der Waals surface area contributed by atoms with Gasteiger partial charge in [0.25, 0.3) is 0 Å². The summed E-state index contributed by atoms with van der Waals surface area (Å²) in [5.41, 5.74) is 1.49. The Kier molecular flexibility index (Phi) is 5.42.